The largest absolute Gasteiger partial charge is 0.376 e. The van der Waals surface area contributed by atoms with Crippen LogP contribution in [0.15, 0.2) is 0 Å². The molecule has 0 aromatic heterocycles. The van der Waals surface area contributed by atoms with Crippen LogP contribution in [-0.2, 0) is 19.0 Å². The number of ether oxygens (including phenoxy) is 3. The average Bonchev–Trinajstić information content (AvgIpc) is 2.21. The van der Waals surface area contributed by atoms with Crippen LogP contribution in [0.5, 0.6) is 0 Å². The molecule has 1 rings (SSSR count). The molecule has 88 valence electrons. The monoisotopic (exact) mass is 219 g/mol. The smallest absolute Gasteiger partial charge is 0.207 e. The molecule has 1 fully saturated rings. The Balaban J connectivity index is 2.79. The van der Waals surface area contributed by atoms with Crippen LogP contribution >= 0.6 is 0 Å². The molecule has 1 saturated heterocycles. The van der Waals surface area contributed by atoms with Crippen LogP contribution < -0.4 is 5.32 Å². The molecular weight excluding hydrogens is 202 g/mol. The van der Waals surface area contributed by atoms with Gasteiger partial charge in [-0.15, -0.1) is 0 Å². The predicted molar refractivity (Wildman–Crippen MR) is 51.1 cm³/mol. The van der Waals surface area contributed by atoms with E-state index >= 15 is 0 Å². The lowest BCUT2D eigenvalue weighted by Gasteiger charge is -2.42. The van der Waals surface area contributed by atoms with E-state index in [9.17, 15) is 9.90 Å². The van der Waals surface area contributed by atoms with Gasteiger partial charge in [-0.1, -0.05) is 0 Å². The van der Waals surface area contributed by atoms with Gasteiger partial charge in [-0.3, -0.25) is 4.79 Å². The van der Waals surface area contributed by atoms with Crippen LogP contribution in [0.25, 0.3) is 0 Å². The Morgan fingerprint density at radius 2 is 1.93 bits per heavy atom. The zero-order valence-corrected chi connectivity index (χ0v) is 9.04. The van der Waals surface area contributed by atoms with E-state index in [0.29, 0.717) is 6.41 Å². The van der Waals surface area contributed by atoms with Gasteiger partial charge >= 0.3 is 0 Å². The fourth-order valence-corrected chi connectivity index (χ4v) is 1.86. The summed E-state index contributed by atoms with van der Waals surface area (Å²) in [5.41, 5.74) is 0. The maximum atomic E-state index is 10.4. The average molecular weight is 219 g/mol. The van der Waals surface area contributed by atoms with Crippen LogP contribution in [0.4, 0.5) is 0 Å². The Morgan fingerprint density at radius 3 is 2.40 bits per heavy atom. The van der Waals surface area contributed by atoms with Crippen LogP contribution in [0, 0.1) is 0 Å². The first-order valence-electron chi connectivity index (χ1n) is 4.74. The van der Waals surface area contributed by atoms with Gasteiger partial charge in [-0.25, -0.2) is 0 Å². The molecule has 0 aliphatic carbocycles. The van der Waals surface area contributed by atoms with Crippen LogP contribution in [0.1, 0.15) is 6.92 Å². The zero-order chi connectivity index (χ0) is 11.4. The van der Waals surface area contributed by atoms with Gasteiger partial charge < -0.3 is 24.6 Å². The van der Waals surface area contributed by atoms with Gasteiger partial charge in [-0.2, -0.15) is 0 Å². The number of aliphatic hydroxyl groups is 1. The highest BCUT2D eigenvalue weighted by Crippen LogP contribution is 2.23. The molecule has 5 atom stereocenters. The van der Waals surface area contributed by atoms with Crippen molar-refractivity contribution < 1.29 is 24.1 Å². The van der Waals surface area contributed by atoms with E-state index in [0.717, 1.165) is 0 Å². The highest BCUT2D eigenvalue weighted by Gasteiger charge is 2.44. The van der Waals surface area contributed by atoms with E-state index in [1.54, 1.807) is 6.92 Å². The third-order valence-electron chi connectivity index (χ3n) is 2.62. The number of rotatable bonds is 4. The van der Waals surface area contributed by atoms with Gasteiger partial charge in [0, 0.05) is 14.2 Å². The third-order valence-corrected chi connectivity index (χ3v) is 2.62. The fraction of sp³-hybridized carbons (Fsp3) is 0.889. The normalized spacial score (nSPS) is 41.2. The summed E-state index contributed by atoms with van der Waals surface area (Å²) in [7, 11) is 2.96. The Morgan fingerprint density at radius 1 is 1.33 bits per heavy atom. The molecule has 0 bridgehead atoms. The number of hydrogen-bond donors (Lipinski definition) is 2. The SMILES string of the molecule is CO[C@H]1[C@H](NC=O)[C@@H](C)OC(O)[C@H]1OC. The van der Waals surface area contributed by atoms with Crippen molar-refractivity contribution in [2.75, 3.05) is 14.2 Å². The lowest BCUT2D eigenvalue weighted by atomic mass is 9.97. The van der Waals surface area contributed by atoms with Crippen molar-refractivity contribution in [2.24, 2.45) is 0 Å². The maximum absolute atomic E-state index is 10.4. The van der Waals surface area contributed by atoms with Crippen molar-refractivity contribution in [2.45, 2.75) is 37.6 Å². The summed E-state index contributed by atoms with van der Waals surface area (Å²) in [6.45, 7) is 1.75. The summed E-state index contributed by atoms with van der Waals surface area (Å²) in [4.78, 5) is 10.4. The van der Waals surface area contributed by atoms with E-state index < -0.39 is 18.5 Å². The molecule has 0 aromatic carbocycles. The lowest BCUT2D eigenvalue weighted by molar-refractivity contribution is -0.263. The molecule has 0 saturated carbocycles. The second-order valence-electron chi connectivity index (χ2n) is 3.44. The van der Waals surface area contributed by atoms with Gasteiger partial charge in [-0.05, 0) is 6.92 Å². The van der Waals surface area contributed by atoms with Crippen LogP contribution in [0.3, 0.4) is 0 Å². The third kappa shape index (κ3) is 2.46. The number of amides is 1. The minimum absolute atomic E-state index is 0.332. The zero-order valence-electron chi connectivity index (χ0n) is 9.04. The predicted octanol–water partition coefficient (Wildman–Crippen LogP) is -1.13. The number of carbonyl (C=O) groups excluding carboxylic acids is 1. The molecule has 1 aliphatic heterocycles. The molecule has 0 spiro atoms. The Bertz CT molecular complexity index is 213. The van der Waals surface area contributed by atoms with Crippen molar-refractivity contribution in [3.63, 3.8) is 0 Å². The number of carbonyl (C=O) groups is 1. The number of methoxy groups -OCH3 is 2. The van der Waals surface area contributed by atoms with Crippen LogP contribution in [0.2, 0.25) is 0 Å². The molecular formula is C9H17NO5. The van der Waals surface area contributed by atoms with Gasteiger partial charge in [0.05, 0.1) is 12.1 Å². The highest BCUT2D eigenvalue weighted by atomic mass is 16.7. The highest BCUT2D eigenvalue weighted by molar-refractivity contribution is 5.47. The summed E-state index contributed by atoms with van der Waals surface area (Å²) in [6.07, 6.45) is -1.83. The van der Waals surface area contributed by atoms with Crippen molar-refractivity contribution >= 4 is 6.41 Å². The van der Waals surface area contributed by atoms with Crippen molar-refractivity contribution in [1.82, 2.24) is 5.32 Å². The van der Waals surface area contributed by atoms with E-state index in [1.807, 2.05) is 0 Å². The van der Waals surface area contributed by atoms with E-state index in [4.69, 9.17) is 14.2 Å². The first kappa shape index (κ1) is 12.4. The number of nitrogens with one attached hydrogen (secondary N) is 1. The molecule has 2 N–H and O–H groups in total. The van der Waals surface area contributed by atoms with Crippen molar-refractivity contribution in [1.29, 1.82) is 0 Å². The Hall–Kier alpha value is -0.690. The first-order chi connectivity index (χ1) is 7.15. The van der Waals surface area contributed by atoms with Crippen LogP contribution in [-0.4, -0.2) is 56.4 Å². The Labute approximate surface area is 88.5 Å². The molecule has 6 nitrogen and oxygen atoms in total. The number of aliphatic hydroxyl groups excluding tert-OH is 1. The molecule has 0 aromatic rings. The molecule has 1 heterocycles. The second-order valence-corrected chi connectivity index (χ2v) is 3.44. The van der Waals surface area contributed by atoms with Gasteiger partial charge in [0.15, 0.2) is 6.29 Å². The topological polar surface area (TPSA) is 77.0 Å². The maximum Gasteiger partial charge on any atom is 0.207 e. The van der Waals surface area contributed by atoms with E-state index in [2.05, 4.69) is 5.32 Å². The van der Waals surface area contributed by atoms with Gasteiger partial charge in [0.2, 0.25) is 6.41 Å². The fourth-order valence-electron chi connectivity index (χ4n) is 1.86. The summed E-state index contributed by atoms with van der Waals surface area (Å²) in [5, 5.41) is 12.2. The molecule has 6 heteroatoms. The standard InChI is InChI=1S/C9H17NO5/c1-5-6(10-4-11)7(13-2)8(14-3)9(12)15-5/h4-9,12H,1-3H3,(H,10,11)/t5-,6-,7+,8+,9?/m1/s1. The van der Waals surface area contributed by atoms with Crippen molar-refractivity contribution in [3.8, 4) is 0 Å². The molecule has 1 unspecified atom stereocenters. The molecule has 1 aliphatic rings. The molecule has 15 heavy (non-hydrogen) atoms. The minimum Gasteiger partial charge on any atom is -0.376 e. The summed E-state index contributed by atoms with van der Waals surface area (Å²) < 4.78 is 15.5. The summed E-state index contributed by atoms with van der Waals surface area (Å²) in [5.74, 6) is 0. The van der Waals surface area contributed by atoms with Gasteiger partial charge in [0.25, 0.3) is 0 Å². The Kier molecular flexibility index (Phi) is 4.46. The van der Waals surface area contributed by atoms with E-state index in [1.165, 1.54) is 14.2 Å². The second kappa shape index (κ2) is 5.41. The lowest BCUT2D eigenvalue weighted by Crippen LogP contribution is -2.62. The number of hydrogen-bond acceptors (Lipinski definition) is 5. The summed E-state index contributed by atoms with van der Waals surface area (Å²) >= 11 is 0. The molecule has 1 amide bonds. The molecule has 0 radical (unpaired) electrons. The minimum atomic E-state index is -1.04. The van der Waals surface area contributed by atoms with Crippen molar-refractivity contribution in [3.05, 3.63) is 0 Å². The first-order valence-corrected chi connectivity index (χ1v) is 4.74. The van der Waals surface area contributed by atoms with E-state index in [-0.39, 0.29) is 12.1 Å². The van der Waals surface area contributed by atoms with Gasteiger partial charge in [0.1, 0.15) is 12.2 Å². The summed E-state index contributed by atoms with van der Waals surface area (Å²) in [6, 6.07) is -0.333. The quantitative estimate of drug-likeness (QED) is 0.585.